The van der Waals surface area contributed by atoms with Gasteiger partial charge < -0.3 is 11.1 Å². The van der Waals surface area contributed by atoms with Gasteiger partial charge in [-0.3, -0.25) is 4.79 Å². The van der Waals surface area contributed by atoms with Crippen LogP contribution in [0.1, 0.15) is 23.2 Å². The van der Waals surface area contributed by atoms with E-state index in [-0.39, 0.29) is 16.5 Å². The molecule has 4 N–H and O–H groups in total. The number of nitrogens with two attached hydrogens (primary N) is 1. The molecular weight excluding hydrogens is 266 g/mol. The van der Waals surface area contributed by atoms with E-state index in [1.807, 2.05) is 0 Å². The van der Waals surface area contributed by atoms with Crippen molar-refractivity contribution in [3.05, 3.63) is 29.8 Å². The molecule has 2 rings (SSSR count). The molecule has 1 aliphatic heterocycles. The third-order valence-electron chi connectivity index (χ3n) is 3.13. The van der Waals surface area contributed by atoms with Crippen LogP contribution >= 0.6 is 0 Å². The van der Waals surface area contributed by atoms with Crippen molar-refractivity contribution in [1.82, 2.24) is 10.0 Å². The van der Waals surface area contributed by atoms with E-state index < -0.39 is 15.9 Å². The molecule has 0 aliphatic carbocycles. The maximum Gasteiger partial charge on any atom is 0.248 e. The minimum Gasteiger partial charge on any atom is -0.366 e. The highest BCUT2D eigenvalue weighted by Crippen LogP contribution is 2.11. The normalized spacial score (nSPS) is 19.5. The van der Waals surface area contributed by atoms with Crippen LogP contribution in [0.4, 0.5) is 0 Å². The van der Waals surface area contributed by atoms with Crippen molar-refractivity contribution < 1.29 is 13.2 Å². The number of amides is 1. The Kier molecular flexibility index (Phi) is 4.18. The van der Waals surface area contributed by atoms with Crippen LogP contribution in [0.2, 0.25) is 0 Å². The summed E-state index contributed by atoms with van der Waals surface area (Å²) in [6.45, 7) is 1.31. The van der Waals surface area contributed by atoms with Crippen molar-refractivity contribution in [2.24, 2.45) is 5.73 Å². The molecule has 0 bridgehead atoms. The standard InChI is InChI=1S/C12H17N3O3S/c13-12(16)9-3-5-11(6-4-9)19(17,18)15-8-10-2-1-7-14-10/h3-6,10,14-15H,1-2,7-8H2,(H2,13,16). The van der Waals surface area contributed by atoms with Crippen molar-refractivity contribution in [3.8, 4) is 0 Å². The molecule has 0 saturated carbocycles. The number of hydrogen-bond acceptors (Lipinski definition) is 4. The number of primary amides is 1. The van der Waals surface area contributed by atoms with Crippen molar-refractivity contribution in [3.63, 3.8) is 0 Å². The fourth-order valence-corrected chi connectivity index (χ4v) is 3.10. The van der Waals surface area contributed by atoms with Gasteiger partial charge in [-0.1, -0.05) is 0 Å². The van der Waals surface area contributed by atoms with E-state index >= 15 is 0 Å². The smallest absolute Gasteiger partial charge is 0.248 e. The predicted molar refractivity (Wildman–Crippen MR) is 71.2 cm³/mol. The average molecular weight is 283 g/mol. The summed E-state index contributed by atoms with van der Waals surface area (Å²) in [5, 5.41) is 3.22. The second-order valence-corrected chi connectivity index (χ2v) is 6.30. The summed E-state index contributed by atoms with van der Waals surface area (Å²) in [5.74, 6) is -0.577. The highest BCUT2D eigenvalue weighted by atomic mass is 32.2. The first-order valence-electron chi connectivity index (χ1n) is 6.12. The van der Waals surface area contributed by atoms with Crippen molar-refractivity contribution in [2.45, 2.75) is 23.8 Å². The maximum atomic E-state index is 12.0. The number of rotatable bonds is 5. The van der Waals surface area contributed by atoms with Crippen molar-refractivity contribution >= 4 is 15.9 Å². The number of sulfonamides is 1. The van der Waals surface area contributed by atoms with Gasteiger partial charge in [0.25, 0.3) is 0 Å². The molecule has 1 heterocycles. The Bertz CT molecular complexity index is 548. The van der Waals surface area contributed by atoms with Crippen LogP contribution in [-0.4, -0.2) is 33.5 Å². The molecule has 19 heavy (non-hydrogen) atoms. The number of benzene rings is 1. The minimum absolute atomic E-state index is 0.135. The molecule has 1 atom stereocenters. The maximum absolute atomic E-state index is 12.0. The summed E-state index contributed by atoms with van der Waals surface area (Å²) in [7, 11) is -3.53. The third-order valence-corrected chi connectivity index (χ3v) is 4.57. The number of nitrogens with one attached hydrogen (secondary N) is 2. The fourth-order valence-electron chi connectivity index (χ4n) is 2.02. The lowest BCUT2D eigenvalue weighted by Gasteiger charge is -2.12. The molecule has 0 aromatic heterocycles. The Hall–Kier alpha value is -1.44. The van der Waals surface area contributed by atoms with Gasteiger partial charge in [-0.15, -0.1) is 0 Å². The van der Waals surface area contributed by atoms with E-state index in [0.29, 0.717) is 6.54 Å². The van der Waals surface area contributed by atoms with E-state index in [2.05, 4.69) is 10.0 Å². The van der Waals surface area contributed by atoms with Gasteiger partial charge in [0.15, 0.2) is 0 Å². The lowest BCUT2D eigenvalue weighted by atomic mass is 10.2. The van der Waals surface area contributed by atoms with Gasteiger partial charge >= 0.3 is 0 Å². The second kappa shape index (κ2) is 5.68. The largest absolute Gasteiger partial charge is 0.366 e. The van der Waals surface area contributed by atoms with Crippen LogP contribution in [0.3, 0.4) is 0 Å². The molecule has 1 aromatic carbocycles. The van der Waals surface area contributed by atoms with Gasteiger partial charge in [-0.25, -0.2) is 13.1 Å². The summed E-state index contributed by atoms with van der Waals surface area (Å²) in [4.78, 5) is 11.0. The molecule has 7 heteroatoms. The Morgan fingerprint density at radius 2 is 2.05 bits per heavy atom. The van der Waals surface area contributed by atoms with Crippen LogP contribution in [0.15, 0.2) is 29.2 Å². The Balaban J connectivity index is 2.03. The summed E-state index contributed by atoms with van der Waals surface area (Å²) >= 11 is 0. The third kappa shape index (κ3) is 3.52. The Morgan fingerprint density at radius 3 is 2.58 bits per heavy atom. The Morgan fingerprint density at radius 1 is 1.37 bits per heavy atom. The van der Waals surface area contributed by atoms with Gasteiger partial charge in [-0.05, 0) is 43.7 Å². The van der Waals surface area contributed by atoms with Gasteiger partial charge in [0.2, 0.25) is 15.9 Å². The lowest BCUT2D eigenvalue weighted by Crippen LogP contribution is -2.37. The molecule has 1 unspecified atom stereocenters. The van der Waals surface area contributed by atoms with Gasteiger partial charge in [0.05, 0.1) is 4.90 Å². The number of carbonyl (C=O) groups is 1. The van der Waals surface area contributed by atoms with E-state index in [1.54, 1.807) is 0 Å². The first kappa shape index (κ1) is 14.0. The highest BCUT2D eigenvalue weighted by molar-refractivity contribution is 7.89. The van der Waals surface area contributed by atoms with Gasteiger partial charge in [0.1, 0.15) is 0 Å². The topological polar surface area (TPSA) is 101 Å². The Labute approximate surface area is 112 Å². The molecule has 0 radical (unpaired) electrons. The fraction of sp³-hybridized carbons (Fsp3) is 0.417. The first-order chi connectivity index (χ1) is 8.99. The van der Waals surface area contributed by atoms with E-state index in [0.717, 1.165) is 19.4 Å². The highest BCUT2D eigenvalue weighted by Gasteiger charge is 2.19. The van der Waals surface area contributed by atoms with E-state index in [9.17, 15) is 13.2 Å². The zero-order chi connectivity index (χ0) is 13.9. The van der Waals surface area contributed by atoms with Gasteiger partial charge in [0, 0.05) is 18.2 Å². The zero-order valence-corrected chi connectivity index (χ0v) is 11.2. The minimum atomic E-state index is -3.53. The van der Waals surface area contributed by atoms with E-state index in [4.69, 9.17) is 5.73 Å². The summed E-state index contributed by atoms with van der Waals surface area (Å²) in [5.41, 5.74) is 5.39. The van der Waals surface area contributed by atoms with Crippen LogP contribution in [0.25, 0.3) is 0 Å². The van der Waals surface area contributed by atoms with Crippen LogP contribution in [0.5, 0.6) is 0 Å². The van der Waals surface area contributed by atoms with Crippen molar-refractivity contribution in [2.75, 3.05) is 13.1 Å². The zero-order valence-electron chi connectivity index (χ0n) is 10.4. The SMILES string of the molecule is NC(=O)c1ccc(S(=O)(=O)NCC2CCCN2)cc1. The molecule has 1 saturated heterocycles. The first-order valence-corrected chi connectivity index (χ1v) is 7.60. The summed E-state index contributed by atoms with van der Waals surface area (Å²) in [6.07, 6.45) is 2.04. The summed E-state index contributed by atoms with van der Waals surface area (Å²) in [6, 6.07) is 5.77. The average Bonchev–Trinajstić information content (AvgIpc) is 2.90. The molecule has 1 amide bonds. The van der Waals surface area contributed by atoms with E-state index in [1.165, 1.54) is 24.3 Å². The molecule has 1 aromatic rings. The lowest BCUT2D eigenvalue weighted by molar-refractivity contribution is 0.1000. The molecule has 1 fully saturated rings. The molecule has 0 spiro atoms. The predicted octanol–water partition coefficient (Wildman–Crippen LogP) is -0.184. The van der Waals surface area contributed by atoms with Gasteiger partial charge in [-0.2, -0.15) is 0 Å². The van der Waals surface area contributed by atoms with Crippen LogP contribution in [-0.2, 0) is 10.0 Å². The number of carbonyl (C=O) groups excluding carboxylic acids is 1. The van der Waals surface area contributed by atoms with Crippen molar-refractivity contribution in [1.29, 1.82) is 0 Å². The molecule has 6 nitrogen and oxygen atoms in total. The molecule has 104 valence electrons. The second-order valence-electron chi connectivity index (χ2n) is 4.53. The molecule has 1 aliphatic rings. The monoisotopic (exact) mass is 283 g/mol. The van der Waals surface area contributed by atoms with Crippen LogP contribution in [0, 0.1) is 0 Å². The molecular formula is C12H17N3O3S. The van der Waals surface area contributed by atoms with Crippen LogP contribution < -0.4 is 15.8 Å². The summed E-state index contributed by atoms with van der Waals surface area (Å²) < 4.78 is 26.6. The number of hydrogen-bond donors (Lipinski definition) is 3. The quantitative estimate of drug-likeness (QED) is 0.697.